The number of aryl methyl sites for hydroxylation is 1. The van der Waals surface area contributed by atoms with Crippen LogP contribution in [0.4, 0.5) is 8.78 Å². The Balaban J connectivity index is 1.66. The van der Waals surface area contributed by atoms with Crippen molar-refractivity contribution in [1.29, 1.82) is 0 Å². The number of benzene rings is 2. The molecule has 0 atom stereocenters. The van der Waals surface area contributed by atoms with Crippen molar-refractivity contribution in [3.05, 3.63) is 64.7 Å². The standard InChI is InChI=1S/C20H20F2N2O3/c1-13-11-14(3-6-18(13)27-2)19(25)23-7-9-24(10-8-23)20(26)16-12-15(21)4-5-17(16)22/h3-6,11-12H,7-10H2,1-2H3. The molecule has 0 unspecified atom stereocenters. The lowest BCUT2D eigenvalue weighted by molar-refractivity contribution is 0.0532. The number of ether oxygens (including phenoxy) is 1. The van der Waals surface area contributed by atoms with Gasteiger partial charge >= 0.3 is 0 Å². The van der Waals surface area contributed by atoms with Crippen LogP contribution in [-0.2, 0) is 0 Å². The predicted octanol–water partition coefficient (Wildman–Crippen LogP) is 2.88. The summed E-state index contributed by atoms with van der Waals surface area (Å²) in [6, 6.07) is 8.02. The molecule has 0 N–H and O–H groups in total. The number of methoxy groups -OCH3 is 1. The number of rotatable bonds is 3. The molecule has 0 aromatic heterocycles. The van der Waals surface area contributed by atoms with E-state index in [1.165, 1.54) is 4.90 Å². The van der Waals surface area contributed by atoms with Crippen LogP contribution in [0.1, 0.15) is 26.3 Å². The maximum absolute atomic E-state index is 13.8. The van der Waals surface area contributed by atoms with Crippen molar-refractivity contribution in [3.8, 4) is 5.75 Å². The zero-order valence-corrected chi connectivity index (χ0v) is 15.2. The van der Waals surface area contributed by atoms with Gasteiger partial charge in [0.15, 0.2) is 0 Å². The molecule has 1 saturated heterocycles. The van der Waals surface area contributed by atoms with Crippen LogP contribution in [0.2, 0.25) is 0 Å². The van der Waals surface area contributed by atoms with Crippen molar-refractivity contribution < 1.29 is 23.1 Å². The minimum Gasteiger partial charge on any atom is -0.496 e. The highest BCUT2D eigenvalue weighted by molar-refractivity contribution is 5.96. The zero-order valence-electron chi connectivity index (χ0n) is 15.2. The highest BCUT2D eigenvalue weighted by Crippen LogP contribution is 2.20. The summed E-state index contributed by atoms with van der Waals surface area (Å²) in [6.07, 6.45) is 0. The van der Waals surface area contributed by atoms with Gasteiger partial charge in [-0.05, 0) is 48.9 Å². The molecule has 142 valence electrons. The van der Waals surface area contributed by atoms with E-state index in [4.69, 9.17) is 4.74 Å². The van der Waals surface area contributed by atoms with Gasteiger partial charge in [-0.1, -0.05) is 0 Å². The van der Waals surface area contributed by atoms with Gasteiger partial charge < -0.3 is 14.5 Å². The lowest BCUT2D eigenvalue weighted by Gasteiger charge is -2.35. The lowest BCUT2D eigenvalue weighted by atomic mass is 10.1. The molecule has 2 aromatic rings. The Morgan fingerprint density at radius 3 is 2.15 bits per heavy atom. The number of amides is 2. The van der Waals surface area contributed by atoms with Gasteiger partial charge in [-0.25, -0.2) is 8.78 Å². The van der Waals surface area contributed by atoms with E-state index in [1.807, 2.05) is 6.92 Å². The number of nitrogens with zero attached hydrogens (tertiary/aromatic N) is 2. The number of halogens is 2. The fourth-order valence-corrected chi connectivity index (χ4v) is 3.14. The zero-order chi connectivity index (χ0) is 19.6. The molecule has 1 heterocycles. The van der Waals surface area contributed by atoms with Gasteiger partial charge in [-0.3, -0.25) is 9.59 Å². The molecule has 1 aliphatic heterocycles. The summed E-state index contributed by atoms with van der Waals surface area (Å²) < 4.78 is 32.3. The molecule has 5 nitrogen and oxygen atoms in total. The number of hydrogen-bond donors (Lipinski definition) is 0. The average molecular weight is 374 g/mol. The molecule has 0 aliphatic carbocycles. The quantitative estimate of drug-likeness (QED) is 0.830. The maximum Gasteiger partial charge on any atom is 0.257 e. The Kier molecular flexibility index (Phi) is 5.39. The van der Waals surface area contributed by atoms with Crippen molar-refractivity contribution in [2.45, 2.75) is 6.92 Å². The van der Waals surface area contributed by atoms with Crippen molar-refractivity contribution in [1.82, 2.24) is 9.80 Å². The Morgan fingerprint density at radius 2 is 1.56 bits per heavy atom. The van der Waals surface area contributed by atoms with E-state index in [0.717, 1.165) is 23.8 Å². The predicted molar refractivity (Wildman–Crippen MR) is 95.9 cm³/mol. The van der Waals surface area contributed by atoms with Crippen molar-refractivity contribution >= 4 is 11.8 Å². The van der Waals surface area contributed by atoms with Gasteiger partial charge in [0.25, 0.3) is 11.8 Å². The SMILES string of the molecule is COc1ccc(C(=O)N2CCN(C(=O)c3cc(F)ccc3F)CC2)cc1C. The monoisotopic (exact) mass is 374 g/mol. The van der Waals surface area contributed by atoms with E-state index >= 15 is 0 Å². The Morgan fingerprint density at radius 1 is 0.926 bits per heavy atom. The minimum absolute atomic E-state index is 0.134. The second kappa shape index (κ2) is 7.73. The molecule has 27 heavy (non-hydrogen) atoms. The normalized spacial score (nSPS) is 14.2. The molecule has 0 saturated carbocycles. The Bertz CT molecular complexity index is 878. The number of carbonyl (C=O) groups excluding carboxylic acids is 2. The molecular formula is C20H20F2N2O3. The van der Waals surface area contributed by atoms with E-state index in [9.17, 15) is 18.4 Å². The topological polar surface area (TPSA) is 49.9 Å². The highest BCUT2D eigenvalue weighted by Gasteiger charge is 2.27. The molecule has 7 heteroatoms. The van der Waals surface area contributed by atoms with Gasteiger partial charge in [-0.15, -0.1) is 0 Å². The Hall–Kier alpha value is -2.96. The van der Waals surface area contributed by atoms with Crippen molar-refractivity contribution in [2.24, 2.45) is 0 Å². The van der Waals surface area contributed by atoms with Crippen LogP contribution in [-0.4, -0.2) is 54.9 Å². The molecular weight excluding hydrogens is 354 g/mol. The minimum atomic E-state index is -0.756. The largest absolute Gasteiger partial charge is 0.496 e. The van der Waals surface area contributed by atoms with Crippen LogP contribution >= 0.6 is 0 Å². The third kappa shape index (κ3) is 3.92. The van der Waals surface area contributed by atoms with Crippen molar-refractivity contribution in [3.63, 3.8) is 0 Å². The van der Waals surface area contributed by atoms with Gasteiger partial charge in [0.1, 0.15) is 17.4 Å². The van der Waals surface area contributed by atoms with Gasteiger partial charge in [0.2, 0.25) is 0 Å². The number of carbonyl (C=O) groups is 2. The third-order valence-corrected chi connectivity index (χ3v) is 4.65. The summed E-state index contributed by atoms with van der Waals surface area (Å²) in [6.45, 7) is 3.03. The first-order chi connectivity index (χ1) is 12.9. The molecule has 0 radical (unpaired) electrons. The fraction of sp³-hybridized carbons (Fsp3) is 0.300. The summed E-state index contributed by atoms with van der Waals surface area (Å²) in [5.74, 6) is -1.42. The van der Waals surface area contributed by atoms with Crippen LogP contribution in [0.25, 0.3) is 0 Å². The first-order valence-electron chi connectivity index (χ1n) is 8.59. The summed E-state index contributed by atoms with van der Waals surface area (Å²) in [5.41, 5.74) is 1.11. The van der Waals surface area contributed by atoms with Gasteiger partial charge in [-0.2, -0.15) is 0 Å². The van der Waals surface area contributed by atoms with Crippen molar-refractivity contribution in [2.75, 3.05) is 33.3 Å². The van der Waals surface area contributed by atoms with E-state index in [-0.39, 0.29) is 24.6 Å². The second-order valence-corrected chi connectivity index (χ2v) is 6.39. The highest BCUT2D eigenvalue weighted by atomic mass is 19.1. The summed E-state index contributed by atoms with van der Waals surface area (Å²) >= 11 is 0. The maximum atomic E-state index is 13.8. The second-order valence-electron chi connectivity index (χ2n) is 6.39. The molecule has 3 rings (SSSR count). The van der Waals surface area contributed by atoms with E-state index < -0.39 is 17.5 Å². The van der Waals surface area contributed by atoms with E-state index in [0.29, 0.717) is 24.4 Å². The average Bonchev–Trinajstić information content (AvgIpc) is 2.68. The van der Waals surface area contributed by atoms with E-state index in [1.54, 1.807) is 30.2 Å². The van der Waals surface area contributed by atoms with Crippen LogP contribution in [0.15, 0.2) is 36.4 Å². The fourth-order valence-electron chi connectivity index (χ4n) is 3.14. The molecule has 1 fully saturated rings. The van der Waals surface area contributed by atoms with Gasteiger partial charge in [0.05, 0.1) is 12.7 Å². The first-order valence-corrected chi connectivity index (χ1v) is 8.59. The molecule has 1 aliphatic rings. The molecule has 0 bridgehead atoms. The smallest absolute Gasteiger partial charge is 0.257 e. The van der Waals surface area contributed by atoms with Crippen LogP contribution in [0.3, 0.4) is 0 Å². The van der Waals surface area contributed by atoms with Gasteiger partial charge in [0, 0.05) is 31.7 Å². The lowest BCUT2D eigenvalue weighted by Crippen LogP contribution is -2.50. The van der Waals surface area contributed by atoms with Crippen LogP contribution in [0, 0.1) is 18.6 Å². The van der Waals surface area contributed by atoms with Crippen LogP contribution in [0.5, 0.6) is 5.75 Å². The Labute approximate surface area is 156 Å². The van der Waals surface area contributed by atoms with Crippen LogP contribution < -0.4 is 4.74 Å². The molecule has 2 aromatic carbocycles. The third-order valence-electron chi connectivity index (χ3n) is 4.65. The summed E-state index contributed by atoms with van der Waals surface area (Å²) in [7, 11) is 1.57. The number of hydrogen-bond acceptors (Lipinski definition) is 3. The van der Waals surface area contributed by atoms with E-state index in [2.05, 4.69) is 0 Å². The summed E-state index contributed by atoms with van der Waals surface area (Å²) in [5, 5.41) is 0. The molecule has 0 spiro atoms. The first kappa shape index (κ1) is 18.8. The number of piperazine rings is 1. The summed E-state index contributed by atoms with van der Waals surface area (Å²) in [4.78, 5) is 28.2. The molecule has 2 amide bonds.